The standard InChI is InChI=1S/C22H38O7/c1-11-12(2)20(9-25-17(7)23)29-22(15(11)5)26-10-19-13(3)14(4)21(16(6)27-19)28-18(8)24/h11-16,19-22H,9-10H2,1-8H3/t11?,12-,13+,14?,15+,16?,19?,20?,21+,22+/m1/s1. The molecule has 2 aliphatic heterocycles. The van der Waals surface area contributed by atoms with Crippen molar-refractivity contribution < 1.29 is 33.3 Å². The zero-order valence-corrected chi connectivity index (χ0v) is 19.0. The third-order valence-electron chi connectivity index (χ3n) is 6.95. The van der Waals surface area contributed by atoms with Gasteiger partial charge in [-0.1, -0.05) is 34.6 Å². The molecule has 0 N–H and O–H groups in total. The van der Waals surface area contributed by atoms with Gasteiger partial charge in [-0.2, -0.15) is 0 Å². The summed E-state index contributed by atoms with van der Waals surface area (Å²) >= 11 is 0. The lowest BCUT2D eigenvalue weighted by atomic mass is 9.79. The maximum atomic E-state index is 11.4. The highest BCUT2D eigenvalue weighted by molar-refractivity contribution is 5.66. The lowest BCUT2D eigenvalue weighted by molar-refractivity contribution is -0.273. The summed E-state index contributed by atoms with van der Waals surface area (Å²) in [5.41, 5.74) is 0. The van der Waals surface area contributed by atoms with Gasteiger partial charge in [0.1, 0.15) is 12.7 Å². The maximum absolute atomic E-state index is 11.4. The van der Waals surface area contributed by atoms with E-state index in [4.69, 9.17) is 23.7 Å². The predicted molar refractivity (Wildman–Crippen MR) is 107 cm³/mol. The Kier molecular flexibility index (Phi) is 8.49. The molecule has 7 nitrogen and oxygen atoms in total. The molecular weight excluding hydrogens is 376 g/mol. The molecule has 0 spiro atoms. The van der Waals surface area contributed by atoms with Crippen molar-refractivity contribution >= 4 is 11.9 Å². The van der Waals surface area contributed by atoms with Gasteiger partial charge < -0.3 is 23.7 Å². The van der Waals surface area contributed by atoms with Crippen LogP contribution in [0.5, 0.6) is 0 Å². The maximum Gasteiger partial charge on any atom is 0.303 e. The summed E-state index contributed by atoms with van der Waals surface area (Å²) in [5, 5.41) is 0. The van der Waals surface area contributed by atoms with Gasteiger partial charge in [-0.15, -0.1) is 0 Å². The highest BCUT2D eigenvalue weighted by Crippen LogP contribution is 2.37. The van der Waals surface area contributed by atoms with Gasteiger partial charge >= 0.3 is 11.9 Å². The molecule has 0 bridgehead atoms. The third-order valence-corrected chi connectivity index (χ3v) is 6.95. The fourth-order valence-corrected chi connectivity index (χ4v) is 4.38. The van der Waals surface area contributed by atoms with E-state index in [1.807, 2.05) is 6.92 Å². The molecule has 5 unspecified atom stereocenters. The molecule has 2 fully saturated rings. The minimum absolute atomic E-state index is 0.107. The number of carbonyl (C=O) groups is 2. The minimum atomic E-state index is -0.380. The van der Waals surface area contributed by atoms with E-state index in [0.717, 1.165) is 0 Å². The predicted octanol–water partition coefficient (Wildman–Crippen LogP) is 3.19. The van der Waals surface area contributed by atoms with Gasteiger partial charge in [0.05, 0.1) is 24.9 Å². The molecule has 2 rings (SSSR count). The van der Waals surface area contributed by atoms with Crippen molar-refractivity contribution in [1.82, 2.24) is 0 Å². The lowest BCUT2D eigenvalue weighted by Crippen LogP contribution is -2.52. The lowest BCUT2D eigenvalue weighted by Gasteiger charge is -2.45. The molecule has 0 aromatic carbocycles. The van der Waals surface area contributed by atoms with Crippen LogP contribution in [0.25, 0.3) is 0 Å². The summed E-state index contributed by atoms with van der Waals surface area (Å²) in [6, 6.07) is 0. The van der Waals surface area contributed by atoms with Crippen LogP contribution in [0.1, 0.15) is 55.4 Å². The number of rotatable bonds is 6. The Morgan fingerprint density at radius 1 is 0.724 bits per heavy atom. The molecule has 0 amide bonds. The summed E-state index contributed by atoms with van der Waals surface area (Å²) in [4.78, 5) is 22.6. The summed E-state index contributed by atoms with van der Waals surface area (Å²) in [5.74, 6) is 0.578. The van der Waals surface area contributed by atoms with Crippen LogP contribution in [-0.2, 0) is 33.3 Å². The van der Waals surface area contributed by atoms with Crippen molar-refractivity contribution in [3.8, 4) is 0 Å². The molecule has 2 aliphatic rings. The van der Waals surface area contributed by atoms with E-state index in [1.165, 1.54) is 13.8 Å². The molecule has 2 saturated heterocycles. The number of ether oxygens (including phenoxy) is 5. The minimum Gasteiger partial charge on any atom is -0.463 e. The largest absolute Gasteiger partial charge is 0.463 e. The molecule has 168 valence electrons. The fraction of sp³-hybridized carbons (Fsp3) is 0.909. The zero-order valence-electron chi connectivity index (χ0n) is 19.0. The van der Waals surface area contributed by atoms with Gasteiger partial charge in [-0.05, 0) is 24.7 Å². The van der Waals surface area contributed by atoms with Crippen molar-refractivity contribution in [2.75, 3.05) is 13.2 Å². The van der Waals surface area contributed by atoms with Gasteiger partial charge in [0.25, 0.3) is 0 Å². The van der Waals surface area contributed by atoms with E-state index in [9.17, 15) is 9.59 Å². The van der Waals surface area contributed by atoms with E-state index < -0.39 is 0 Å². The molecule has 2 heterocycles. The van der Waals surface area contributed by atoms with Crippen LogP contribution in [0.3, 0.4) is 0 Å². The van der Waals surface area contributed by atoms with Crippen LogP contribution >= 0.6 is 0 Å². The van der Waals surface area contributed by atoms with Crippen LogP contribution in [0.4, 0.5) is 0 Å². The normalized spacial score (nSPS) is 42.9. The average Bonchev–Trinajstić information content (AvgIpc) is 2.65. The summed E-state index contributed by atoms with van der Waals surface area (Å²) in [6.45, 7) is 16.0. The Balaban J connectivity index is 1.96. The van der Waals surface area contributed by atoms with Gasteiger partial charge in [0, 0.05) is 25.7 Å². The Bertz CT molecular complexity index is 565. The van der Waals surface area contributed by atoms with Gasteiger partial charge in [0.2, 0.25) is 0 Å². The Labute approximate surface area is 174 Å². The second kappa shape index (κ2) is 10.2. The first-order chi connectivity index (χ1) is 13.5. The number of carbonyl (C=O) groups excluding carboxylic acids is 2. The van der Waals surface area contributed by atoms with E-state index in [2.05, 4.69) is 34.6 Å². The van der Waals surface area contributed by atoms with Crippen molar-refractivity contribution in [2.24, 2.45) is 29.6 Å². The highest BCUT2D eigenvalue weighted by Gasteiger charge is 2.44. The second-order valence-electron chi connectivity index (χ2n) is 8.93. The first-order valence-corrected chi connectivity index (χ1v) is 10.8. The average molecular weight is 415 g/mol. The topological polar surface area (TPSA) is 80.3 Å². The van der Waals surface area contributed by atoms with Gasteiger partial charge in [0.15, 0.2) is 6.29 Å². The van der Waals surface area contributed by atoms with Crippen LogP contribution in [0.2, 0.25) is 0 Å². The molecule has 0 aliphatic carbocycles. The SMILES string of the molecule is CC(=O)OCC1O[C@H](OCC2OC(C)[C@@H](OC(C)=O)C(C)[C@@H]2C)[C@@H](C)C(C)[C@H]1C. The molecule has 29 heavy (non-hydrogen) atoms. The first kappa shape index (κ1) is 24.1. The van der Waals surface area contributed by atoms with E-state index in [-0.39, 0.29) is 72.9 Å². The summed E-state index contributed by atoms with van der Waals surface area (Å²) in [6.07, 6.45) is -1.12. The zero-order chi connectivity index (χ0) is 21.9. The van der Waals surface area contributed by atoms with E-state index in [0.29, 0.717) is 12.5 Å². The molecule has 0 aromatic heterocycles. The van der Waals surface area contributed by atoms with E-state index >= 15 is 0 Å². The fourth-order valence-electron chi connectivity index (χ4n) is 4.38. The van der Waals surface area contributed by atoms with Crippen molar-refractivity contribution in [3.05, 3.63) is 0 Å². The van der Waals surface area contributed by atoms with E-state index in [1.54, 1.807) is 0 Å². The Morgan fingerprint density at radius 3 is 1.90 bits per heavy atom. The summed E-state index contributed by atoms with van der Waals surface area (Å²) < 4.78 is 29.1. The van der Waals surface area contributed by atoms with Gasteiger partial charge in [-0.25, -0.2) is 0 Å². The van der Waals surface area contributed by atoms with Crippen molar-refractivity contribution in [1.29, 1.82) is 0 Å². The molecule has 0 saturated carbocycles. The quantitative estimate of drug-likeness (QED) is 0.618. The van der Waals surface area contributed by atoms with Gasteiger partial charge in [-0.3, -0.25) is 9.59 Å². The van der Waals surface area contributed by atoms with Crippen LogP contribution in [0, 0.1) is 29.6 Å². The van der Waals surface area contributed by atoms with Crippen LogP contribution in [-0.4, -0.2) is 55.9 Å². The molecule has 10 atom stereocenters. The monoisotopic (exact) mass is 414 g/mol. The van der Waals surface area contributed by atoms with Crippen LogP contribution < -0.4 is 0 Å². The molecule has 0 aromatic rings. The smallest absolute Gasteiger partial charge is 0.303 e. The van der Waals surface area contributed by atoms with Crippen molar-refractivity contribution in [2.45, 2.75) is 86.1 Å². The second-order valence-corrected chi connectivity index (χ2v) is 8.93. The Morgan fingerprint density at radius 2 is 1.31 bits per heavy atom. The Hall–Kier alpha value is -1.18. The summed E-state index contributed by atoms with van der Waals surface area (Å²) in [7, 11) is 0. The van der Waals surface area contributed by atoms with Crippen LogP contribution in [0.15, 0.2) is 0 Å². The molecular formula is C22H38O7. The highest BCUT2D eigenvalue weighted by atomic mass is 16.7. The molecule has 7 heteroatoms. The molecule has 0 radical (unpaired) electrons. The van der Waals surface area contributed by atoms with Crippen molar-refractivity contribution in [3.63, 3.8) is 0 Å². The number of hydrogen-bond acceptors (Lipinski definition) is 7. The number of esters is 2. The number of hydrogen-bond donors (Lipinski definition) is 0. The first-order valence-electron chi connectivity index (χ1n) is 10.8. The third kappa shape index (κ3) is 5.92.